The average Bonchev–Trinajstić information content (AvgIpc) is 2.53. The van der Waals surface area contributed by atoms with Crippen LogP contribution >= 0.6 is 0 Å². The summed E-state index contributed by atoms with van der Waals surface area (Å²) in [5.74, 6) is 0.347. The fourth-order valence-corrected chi connectivity index (χ4v) is 2.19. The van der Waals surface area contributed by atoms with Crippen molar-refractivity contribution in [2.75, 3.05) is 17.7 Å². The molecular formula is C16H21N5O2. The number of benzene rings is 1. The van der Waals surface area contributed by atoms with Gasteiger partial charge in [-0.3, -0.25) is 0 Å². The lowest BCUT2D eigenvalue weighted by molar-refractivity contribution is 0.0525. The smallest absolute Gasteiger partial charge is 0.338 e. The molecule has 0 saturated carbocycles. The second-order valence-corrected chi connectivity index (χ2v) is 5.13. The quantitative estimate of drug-likeness (QED) is 0.754. The van der Waals surface area contributed by atoms with Gasteiger partial charge in [0.25, 0.3) is 0 Å². The van der Waals surface area contributed by atoms with Crippen molar-refractivity contribution in [2.45, 2.75) is 32.7 Å². The molecule has 0 bridgehead atoms. The molecule has 0 spiro atoms. The summed E-state index contributed by atoms with van der Waals surface area (Å²) >= 11 is 0. The van der Waals surface area contributed by atoms with Gasteiger partial charge in [0.2, 0.25) is 11.9 Å². The topological polar surface area (TPSA) is 103 Å². The van der Waals surface area contributed by atoms with Crippen molar-refractivity contribution < 1.29 is 9.53 Å². The summed E-state index contributed by atoms with van der Waals surface area (Å²) in [6, 6.07) is 7.61. The van der Waals surface area contributed by atoms with Gasteiger partial charge >= 0.3 is 5.97 Å². The van der Waals surface area contributed by atoms with E-state index in [2.05, 4.69) is 20.3 Å². The predicted molar refractivity (Wildman–Crippen MR) is 88.0 cm³/mol. The van der Waals surface area contributed by atoms with E-state index in [9.17, 15) is 4.79 Å². The summed E-state index contributed by atoms with van der Waals surface area (Å²) in [6.07, 6.45) is 2.92. The molecule has 7 nitrogen and oxygen atoms in total. The number of hydrogen-bond acceptors (Lipinski definition) is 7. The lowest BCUT2D eigenvalue weighted by atomic mass is 10.0. The molecule has 0 aliphatic carbocycles. The highest BCUT2D eigenvalue weighted by atomic mass is 16.5. The van der Waals surface area contributed by atoms with Gasteiger partial charge in [0.05, 0.1) is 12.2 Å². The fraction of sp³-hybridized carbons (Fsp3) is 0.375. The molecule has 2 rings (SSSR count). The number of anilines is 2. The van der Waals surface area contributed by atoms with Crippen LogP contribution in [-0.4, -0.2) is 33.6 Å². The summed E-state index contributed by atoms with van der Waals surface area (Å²) in [4.78, 5) is 23.7. The molecular weight excluding hydrogens is 294 g/mol. The maximum atomic E-state index is 12.0. The highest BCUT2D eigenvalue weighted by Crippen LogP contribution is 2.14. The molecule has 122 valence electrons. The van der Waals surface area contributed by atoms with Crippen molar-refractivity contribution in [2.24, 2.45) is 0 Å². The highest BCUT2D eigenvalue weighted by Gasteiger charge is 2.13. The van der Waals surface area contributed by atoms with Crippen molar-refractivity contribution in [3.8, 4) is 0 Å². The molecule has 0 fully saturated rings. The Balaban J connectivity index is 1.96. The van der Waals surface area contributed by atoms with Crippen LogP contribution in [0.5, 0.6) is 0 Å². The maximum Gasteiger partial charge on any atom is 0.338 e. The zero-order valence-electron chi connectivity index (χ0n) is 13.3. The average molecular weight is 315 g/mol. The molecule has 0 saturated heterocycles. The van der Waals surface area contributed by atoms with E-state index in [4.69, 9.17) is 10.5 Å². The van der Waals surface area contributed by atoms with Crippen LogP contribution in [0, 0.1) is 0 Å². The lowest BCUT2D eigenvalue weighted by Gasteiger charge is -2.15. The first-order valence-electron chi connectivity index (χ1n) is 7.56. The largest absolute Gasteiger partial charge is 0.462 e. The van der Waals surface area contributed by atoms with Crippen molar-refractivity contribution in [1.29, 1.82) is 0 Å². The Kier molecular flexibility index (Phi) is 5.85. The molecule has 1 atom stereocenters. The molecule has 2 aromatic rings. The summed E-state index contributed by atoms with van der Waals surface area (Å²) in [5, 5.41) is 3.17. The number of nitrogens with one attached hydrogen (secondary N) is 1. The van der Waals surface area contributed by atoms with Gasteiger partial charge in [-0.2, -0.15) is 4.98 Å². The van der Waals surface area contributed by atoms with Gasteiger partial charge < -0.3 is 15.8 Å². The monoisotopic (exact) mass is 315 g/mol. The standard InChI is InChI=1S/C16H21N5O2/c1-3-23-14(22)13-7-5-4-6-12(13)9-8-11(2)20-16-19-10-18-15(17)21-16/h4-7,10-11H,3,8-9H2,1-2H3,(H3,17,18,19,20,21). The van der Waals surface area contributed by atoms with Crippen LogP contribution in [-0.2, 0) is 11.2 Å². The Morgan fingerprint density at radius 1 is 1.35 bits per heavy atom. The van der Waals surface area contributed by atoms with E-state index in [1.807, 2.05) is 25.1 Å². The zero-order valence-corrected chi connectivity index (χ0v) is 13.3. The van der Waals surface area contributed by atoms with Crippen molar-refractivity contribution in [1.82, 2.24) is 15.0 Å². The van der Waals surface area contributed by atoms with Gasteiger partial charge in [0.15, 0.2) is 0 Å². The van der Waals surface area contributed by atoms with Crippen LogP contribution in [0.3, 0.4) is 0 Å². The number of carbonyl (C=O) groups is 1. The van der Waals surface area contributed by atoms with Crippen LogP contribution in [0.25, 0.3) is 0 Å². The molecule has 1 unspecified atom stereocenters. The Morgan fingerprint density at radius 2 is 2.13 bits per heavy atom. The van der Waals surface area contributed by atoms with E-state index in [0.717, 1.165) is 18.4 Å². The molecule has 0 aliphatic heterocycles. The number of rotatable bonds is 7. The molecule has 1 aromatic heterocycles. The van der Waals surface area contributed by atoms with E-state index in [-0.39, 0.29) is 18.0 Å². The second kappa shape index (κ2) is 8.07. The lowest BCUT2D eigenvalue weighted by Crippen LogP contribution is -2.19. The summed E-state index contributed by atoms with van der Waals surface area (Å²) < 4.78 is 5.09. The normalized spacial score (nSPS) is 11.7. The first-order valence-corrected chi connectivity index (χ1v) is 7.56. The maximum absolute atomic E-state index is 12.0. The van der Waals surface area contributed by atoms with Crippen LogP contribution in [0.2, 0.25) is 0 Å². The number of nitrogens with zero attached hydrogens (tertiary/aromatic N) is 3. The SMILES string of the molecule is CCOC(=O)c1ccccc1CCC(C)Nc1ncnc(N)n1. The molecule has 0 radical (unpaired) electrons. The number of aryl methyl sites for hydroxylation is 1. The molecule has 0 aliphatic rings. The summed E-state index contributed by atoms with van der Waals surface area (Å²) in [6.45, 7) is 4.19. The number of nitrogen functional groups attached to an aromatic ring is 1. The molecule has 1 heterocycles. The number of esters is 1. The van der Waals surface area contributed by atoms with E-state index in [1.165, 1.54) is 6.33 Å². The minimum atomic E-state index is -0.283. The number of hydrogen-bond donors (Lipinski definition) is 2. The Morgan fingerprint density at radius 3 is 2.87 bits per heavy atom. The van der Waals surface area contributed by atoms with Gasteiger partial charge in [-0.05, 0) is 38.3 Å². The number of carbonyl (C=O) groups excluding carboxylic acids is 1. The molecule has 23 heavy (non-hydrogen) atoms. The Labute approximate surface area is 135 Å². The number of nitrogens with two attached hydrogens (primary N) is 1. The van der Waals surface area contributed by atoms with E-state index < -0.39 is 0 Å². The fourth-order valence-electron chi connectivity index (χ4n) is 2.19. The predicted octanol–water partition coefficient (Wildman–Crippen LogP) is 2.06. The van der Waals surface area contributed by atoms with Gasteiger partial charge in [-0.25, -0.2) is 14.8 Å². The molecule has 1 aromatic carbocycles. The Bertz CT molecular complexity index is 662. The zero-order chi connectivity index (χ0) is 16.7. The molecule has 7 heteroatoms. The van der Waals surface area contributed by atoms with Crippen molar-refractivity contribution in [3.63, 3.8) is 0 Å². The minimum absolute atomic E-state index is 0.118. The third-order valence-electron chi connectivity index (χ3n) is 3.33. The van der Waals surface area contributed by atoms with Crippen LogP contribution in [0.15, 0.2) is 30.6 Å². The molecule has 3 N–H and O–H groups in total. The van der Waals surface area contributed by atoms with Crippen LogP contribution in [0.4, 0.5) is 11.9 Å². The third-order valence-corrected chi connectivity index (χ3v) is 3.33. The summed E-state index contributed by atoms with van der Waals surface area (Å²) in [7, 11) is 0. The highest BCUT2D eigenvalue weighted by molar-refractivity contribution is 5.91. The first-order chi connectivity index (χ1) is 11.1. The molecule has 0 amide bonds. The van der Waals surface area contributed by atoms with Crippen LogP contribution in [0.1, 0.15) is 36.2 Å². The van der Waals surface area contributed by atoms with Gasteiger partial charge in [-0.1, -0.05) is 18.2 Å². The Hall–Kier alpha value is -2.70. The van der Waals surface area contributed by atoms with E-state index in [0.29, 0.717) is 18.1 Å². The van der Waals surface area contributed by atoms with Crippen LogP contribution < -0.4 is 11.1 Å². The first kappa shape index (κ1) is 16.7. The van der Waals surface area contributed by atoms with Crippen molar-refractivity contribution in [3.05, 3.63) is 41.7 Å². The van der Waals surface area contributed by atoms with Gasteiger partial charge in [0, 0.05) is 6.04 Å². The number of aromatic nitrogens is 3. The van der Waals surface area contributed by atoms with Gasteiger partial charge in [-0.15, -0.1) is 0 Å². The van der Waals surface area contributed by atoms with E-state index in [1.54, 1.807) is 13.0 Å². The van der Waals surface area contributed by atoms with Gasteiger partial charge in [0.1, 0.15) is 6.33 Å². The summed E-state index contributed by atoms with van der Waals surface area (Å²) in [5.41, 5.74) is 7.11. The van der Waals surface area contributed by atoms with E-state index >= 15 is 0 Å². The van der Waals surface area contributed by atoms with Crippen molar-refractivity contribution >= 4 is 17.9 Å². The minimum Gasteiger partial charge on any atom is -0.462 e. The third kappa shape index (κ3) is 4.91. The second-order valence-electron chi connectivity index (χ2n) is 5.13. The number of ether oxygens (including phenoxy) is 1.